The van der Waals surface area contributed by atoms with Gasteiger partial charge in [0.1, 0.15) is 0 Å². The Balaban J connectivity index is 2.66. The minimum absolute atomic E-state index is 0.0290. The molecule has 0 heterocycles. The summed E-state index contributed by atoms with van der Waals surface area (Å²) >= 11 is 0. The predicted octanol–water partition coefficient (Wildman–Crippen LogP) is 2.39. The number of rotatable bonds is 3. The molecule has 0 aromatic heterocycles. The standard InChI is InChI=1S/C10H18O2/c1-5-6(2)7-8(9(11)12)10(7,3)4/h6-8H,5H2,1-4H3,(H,11,12)/t6?,7-,8+/m0/s1. The number of hydrogen-bond acceptors (Lipinski definition) is 1. The smallest absolute Gasteiger partial charge is 0.307 e. The van der Waals surface area contributed by atoms with Gasteiger partial charge in [0.2, 0.25) is 0 Å². The zero-order valence-corrected chi connectivity index (χ0v) is 8.29. The van der Waals surface area contributed by atoms with Gasteiger partial charge in [-0.05, 0) is 17.3 Å². The molecule has 1 aliphatic rings. The summed E-state index contributed by atoms with van der Waals surface area (Å²) in [5.74, 6) is 0.207. The second-order valence-corrected chi connectivity index (χ2v) is 4.55. The highest BCUT2D eigenvalue weighted by Gasteiger charge is 2.63. The summed E-state index contributed by atoms with van der Waals surface area (Å²) in [6, 6.07) is 0. The lowest BCUT2D eigenvalue weighted by molar-refractivity contribution is -0.139. The maximum absolute atomic E-state index is 10.8. The molecule has 70 valence electrons. The van der Waals surface area contributed by atoms with Crippen LogP contribution in [0.15, 0.2) is 0 Å². The first-order chi connectivity index (χ1) is 5.42. The van der Waals surface area contributed by atoms with E-state index in [-0.39, 0.29) is 11.3 Å². The molecule has 0 amide bonds. The van der Waals surface area contributed by atoms with Crippen LogP contribution in [0.25, 0.3) is 0 Å². The van der Waals surface area contributed by atoms with Crippen molar-refractivity contribution < 1.29 is 9.90 Å². The first-order valence-corrected chi connectivity index (χ1v) is 4.65. The van der Waals surface area contributed by atoms with Crippen molar-refractivity contribution >= 4 is 5.97 Å². The fourth-order valence-corrected chi connectivity index (χ4v) is 2.47. The Morgan fingerprint density at radius 3 is 2.33 bits per heavy atom. The molecule has 1 N–H and O–H groups in total. The summed E-state index contributed by atoms with van der Waals surface area (Å²) in [6.07, 6.45) is 1.08. The van der Waals surface area contributed by atoms with Crippen molar-refractivity contribution in [2.24, 2.45) is 23.2 Å². The highest BCUT2D eigenvalue weighted by atomic mass is 16.4. The van der Waals surface area contributed by atoms with E-state index in [0.717, 1.165) is 6.42 Å². The van der Waals surface area contributed by atoms with Crippen LogP contribution in [0.5, 0.6) is 0 Å². The van der Waals surface area contributed by atoms with Gasteiger partial charge in [-0.3, -0.25) is 4.79 Å². The summed E-state index contributed by atoms with van der Waals surface area (Å²) in [5, 5.41) is 8.90. The molecule has 0 spiro atoms. The first-order valence-electron chi connectivity index (χ1n) is 4.65. The number of carboxylic acids is 1. The molecule has 1 rings (SSSR count). The molecule has 0 aliphatic heterocycles. The van der Waals surface area contributed by atoms with Crippen molar-refractivity contribution in [2.45, 2.75) is 34.1 Å². The molecule has 1 unspecified atom stereocenters. The average molecular weight is 170 g/mol. The topological polar surface area (TPSA) is 37.3 Å². The van der Waals surface area contributed by atoms with E-state index in [1.54, 1.807) is 0 Å². The lowest BCUT2D eigenvalue weighted by atomic mass is 9.97. The molecule has 1 saturated carbocycles. The van der Waals surface area contributed by atoms with Crippen LogP contribution >= 0.6 is 0 Å². The Labute approximate surface area is 74.0 Å². The lowest BCUT2D eigenvalue weighted by Crippen LogP contribution is -2.04. The predicted molar refractivity (Wildman–Crippen MR) is 47.9 cm³/mol. The Morgan fingerprint density at radius 2 is 2.08 bits per heavy atom. The van der Waals surface area contributed by atoms with Crippen LogP contribution in [0, 0.1) is 23.2 Å². The zero-order chi connectivity index (χ0) is 9.52. The quantitative estimate of drug-likeness (QED) is 0.706. The van der Waals surface area contributed by atoms with Crippen molar-refractivity contribution in [3.8, 4) is 0 Å². The summed E-state index contributed by atoms with van der Waals surface area (Å²) in [7, 11) is 0. The van der Waals surface area contributed by atoms with E-state index >= 15 is 0 Å². The fourth-order valence-electron chi connectivity index (χ4n) is 2.47. The number of aliphatic carboxylic acids is 1. The van der Waals surface area contributed by atoms with Crippen LogP contribution in [0.1, 0.15) is 34.1 Å². The van der Waals surface area contributed by atoms with E-state index in [2.05, 4.69) is 27.7 Å². The summed E-state index contributed by atoms with van der Waals surface area (Å²) in [4.78, 5) is 10.8. The molecule has 0 bridgehead atoms. The number of carboxylic acid groups (broad SMARTS) is 1. The molecular weight excluding hydrogens is 152 g/mol. The van der Waals surface area contributed by atoms with Gasteiger partial charge >= 0.3 is 5.97 Å². The summed E-state index contributed by atoms with van der Waals surface area (Å²) < 4.78 is 0. The molecule has 0 aromatic carbocycles. The molecule has 0 aromatic rings. The third-order valence-corrected chi connectivity index (χ3v) is 3.43. The Morgan fingerprint density at radius 1 is 1.58 bits per heavy atom. The van der Waals surface area contributed by atoms with Crippen molar-refractivity contribution in [1.29, 1.82) is 0 Å². The van der Waals surface area contributed by atoms with Crippen LogP contribution in [0.4, 0.5) is 0 Å². The molecule has 1 fully saturated rings. The SMILES string of the molecule is CCC(C)[C@H]1[C@H](C(=O)O)C1(C)C. The first kappa shape index (κ1) is 9.56. The molecule has 12 heavy (non-hydrogen) atoms. The molecule has 0 saturated heterocycles. The van der Waals surface area contributed by atoms with Gasteiger partial charge in [0.15, 0.2) is 0 Å². The van der Waals surface area contributed by atoms with Gasteiger partial charge in [-0.1, -0.05) is 34.1 Å². The minimum atomic E-state index is -0.620. The third kappa shape index (κ3) is 1.23. The number of carbonyl (C=O) groups is 1. The Bertz CT molecular complexity index is 196. The van der Waals surface area contributed by atoms with Crippen LogP contribution < -0.4 is 0 Å². The Kier molecular flexibility index (Phi) is 2.19. The van der Waals surface area contributed by atoms with E-state index in [9.17, 15) is 4.79 Å². The van der Waals surface area contributed by atoms with Crippen molar-refractivity contribution in [2.75, 3.05) is 0 Å². The van der Waals surface area contributed by atoms with Crippen molar-refractivity contribution in [3.05, 3.63) is 0 Å². The van der Waals surface area contributed by atoms with E-state index in [4.69, 9.17) is 5.11 Å². The molecule has 1 aliphatic carbocycles. The van der Waals surface area contributed by atoms with Gasteiger partial charge in [0.05, 0.1) is 5.92 Å². The third-order valence-electron chi connectivity index (χ3n) is 3.43. The lowest BCUT2D eigenvalue weighted by Gasteiger charge is -2.08. The van der Waals surface area contributed by atoms with Crippen LogP contribution in [-0.2, 0) is 4.79 Å². The van der Waals surface area contributed by atoms with E-state index in [1.165, 1.54) is 0 Å². The maximum Gasteiger partial charge on any atom is 0.307 e. The maximum atomic E-state index is 10.8. The molecule has 2 nitrogen and oxygen atoms in total. The minimum Gasteiger partial charge on any atom is -0.481 e. The van der Waals surface area contributed by atoms with E-state index < -0.39 is 5.97 Å². The second-order valence-electron chi connectivity index (χ2n) is 4.55. The summed E-state index contributed by atoms with van der Waals surface area (Å²) in [5.41, 5.74) is 0.0290. The summed E-state index contributed by atoms with van der Waals surface area (Å²) in [6.45, 7) is 8.39. The van der Waals surface area contributed by atoms with Crippen molar-refractivity contribution in [3.63, 3.8) is 0 Å². The van der Waals surface area contributed by atoms with Gasteiger partial charge in [-0.25, -0.2) is 0 Å². The van der Waals surface area contributed by atoms with Gasteiger partial charge in [-0.15, -0.1) is 0 Å². The van der Waals surface area contributed by atoms with Gasteiger partial charge in [0.25, 0.3) is 0 Å². The van der Waals surface area contributed by atoms with E-state index in [0.29, 0.717) is 11.8 Å². The normalized spacial score (nSPS) is 34.3. The highest BCUT2D eigenvalue weighted by molar-refractivity contribution is 5.75. The average Bonchev–Trinajstić information content (AvgIpc) is 2.52. The zero-order valence-electron chi connectivity index (χ0n) is 8.29. The van der Waals surface area contributed by atoms with Crippen LogP contribution in [-0.4, -0.2) is 11.1 Å². The number of hydrogen-bond donors (Lipinski definition) is 1. The van der Waals surface area contributed by atoms with Crippen LogP contribution in [0.2, 0.25) is 0 Å². The van der Waals surface area contributed by atoms with Gasteiger partial charge < -0.3 is 5.11 Å². The van der Waals surface area contributed by atoms with Gasteiger partial charge in [-0.2, -0.15) is 0 Å². The molecular formula is C10H18O2. The monoisotopic (exact) mass is 170 g/mol. The fraction of sp³-hybridized carbons (Fsp3) is 0.900. The largest absolute Gasteiger partial charge is 0.481 e. The van der Waals surface area contributed by atoms with Gasteiger partial charge in [0, 0.05) is 0 Å². The highest BCUT2D eigenvalue weighted by Crippen LogP contribution is 2.62. The molecule has 0 radical (unpaired) electrons. The molecule has 3 atom stereocenters. The Hall–Kier alpha value is -0.530. The van der Waals surface area contributed by atoms with Crippen LogP contribution in [0.3, 0.4) is 0 Å². The molecule has 2 heteroatoms. The van der Waals surface area contributed by atoms with Crippen molar-refractivity contribution in [1.82, 2.24) is 0 Å². The second kappa shape index (κ2) is 2.75. The van der Waals surface area contributed by atoms with E-state index in [1.807, 2.05) is 0 Å².